The Morgan fingerprint density at radius 2 is 1.86 bits per heavy atom. The van der Waals surface area contributed by atoms with Crippen LogP contribution in [-0.2, 0) is 24.0 Å². The van der Waals surface area contributed by atoms with Crippen LogP contribution in [0.3, 0.4) is 0 Å². The van der Waals surface area contributed by atoms with E-state index in [1.165, 1.54) is 36.8 Å². The predicted molar refractivity (Wildman–Crippen MR) is 81.2 cm³/mol. The Bertz CT molecular complexity index is 503. The van der Waals surface area contributed by atoms with Crippen molar-refractivity contribution >= 4 is 6.09 Å². The highest BCUT2D eigenvalue weighted by molar-refractivity contribution is 5.67. The van der Waals surface area contributed by atoms with Crippen LogP contribution >= 0.6 is 0 Å². The molecule has 5 heteroatoms. The van der Waals surface area contributed by atoms with E-state index in [0.29, 0.717) is 0 Å². The van der Waals surface area contributed by atoms with Gasteiger partial charge < -0.3 is 10.1 Å². The number of amides is 1. The molecular weight excluding hydrogens is 266 g/mol. The molecule has 116 valence electrons. The molecule has 0 saturated carbocycles. The molecule has 1 amide bonds. The van der Waals surface area contributed by atoms with Gasteiger partial charge in [0, 0.05) is 7.05 Å². The van der Waals surface area contributed by atoms with Gasteiger partial charge in [0.15, 0.2) is 0 Å². The fourth-order valence-corrected chi connectivity index (χ4v) is 2.98. The van der Waals surface area contributed by atoms with Gasteiger partial charge in [0.25, 0.3) is 0 Å². The molecule has 1 aromatic heterocycles. The first-order chi connectivity index (χ1) is 10.2. The first-order valence-electron chi connectivity index (χ1n) is 7.92. The summed E-state index contributed by atoms with van der Waals surface area (Å²) in [5.74, 6) is 0. The van der Waals surface area contributed by atoms with E-state index in [4.69, 9.17) is 4.74 Å². The molecule has 2 rings (SSSR count). The summed E-state index contributed by atoms with van der Waals surface area (Å²) in [7, 11) is 1.56. The first-order valence-corrected chi connectivity index (χ1v) is 7.92. The average Bonchev–Trinajstić information content (AvgIpc) is 2.46. The Morgan fingerprint density at radius 3 is 2.48 bits per heavy atom. The molecule has 0 fully saturated rings. The van der Waals surface area contributed by atoms with E-state index in [-0.39, 0.29) is 6.10 Å². The molecule has 1 heterocycles. The summed E-state index contributed by atoms with van der Waals surface area (Å²) in [5, 5.41) is 11.2. The third-order valence-electron chi connectivity index (χ3n) is 4.11. The Kier molecular flexibility index (Phi) is 5.53. The van der Waals surface area contributed by atoms with Crippen molar-refractivity contribution in [1.29, 1.82) is 0 Å². The van der Waals surface area contributed by atoms with Gasteiger partial charge in [0.05, 0.1) is 5.69 Å². The van der Waals surface area contributed by atoms with Gasteiger partial charge in [-0.1, -0.05) is 19.8 Å². The Labute approximate surface area is 126 Å². The van der Waals surface area contributed by atoms with Gasteiger partial charge in [-0.2, -0.15) is 10.2 Å². The number of nitrogens with one attached hydrogen (secondary N) is 1. The standard InChI is InChI=1S/C16H25N3O2/c1-4-14-12-9-7-5-6-8-10-13(12)15(19-18-14)11(2)21-16(20)17-3/h11H,4-10H2,1-3H3,(H,17,20). The lowest BCUT2D eigenvalue weighted by Crippen LogP contribution is -2.23. The smallest absolute Gasteiger partial charge is 0.407 e. The molecule has 0 saturated heterocycles. The zero-order valence-electron chi connectivity index (χ0n) is 13.2. The van der Waals surface area contributed by atoms with Crippen LogP contribution in [0.25, 0.3) is 0 Å². The van der Waals surface area contributed by atoms with Crippen molar-refractivity contribution in [3.8, 4) is 0 Å². The lowest BCUT2D eigenvalue weighted by atomic mass is 9.90. The molecule has 21 heavy (non-hydrogen) atoms. The number of aromatic nitrogens is 2. The third kappa shape index (κ3) is 3.71. The first kappa shape index (κ1) is 15.7. The van der Waals surface area contributed by atoms with E-state index in [1.54, 1.807) is 7.05 Å². The average molecular weight is 291 g/mol. The molecule has 5 nitrogen and oxygen atoms in total. The highest BCUT2D eigenvalue weighted by Gasteiger charge is 2.22. The third-order valence-corrected chi connectivity index (χ3v) is 4.11. The van der Waals surface area contributed by atoms with Crippen molar-refractivity contribution in [3.63, 3.8) is 0 Å². The van der Waals surface area contributed by atoms with Crippen molar-refractivity contribution in [1.82, 2.24) is 15.5 Å². The quantitative estimate of drug-likeness (QED) is 0.929. The van der Waals surface area contributed by atoms with Crippen LogP contribution in [0.5, 0.6) is 0 Å². The maximum atomic E-state index is 11.4. The highest BCUT2D eigenvalue weighted by Crippen LogP contribution is 2.28. The lowest BCUT2D eigenvalue weighted by Gasteiger charge is -2.21. The number of carbonyl (C=O) groups is 1. The largest absolute Gasteiger partial charge is 0.440 e. The van der Waals surface area contributed by atoms with E-state index >= 15 is 0 Å². The van der Waals surface area contributed by atoms with Crippen LogP contribution in [0, 0.1) is 0 Å². The molecule has 1 atom stereocenters. The van der Waals surface area contributed by atoms with E-state index < -0.39 is 6.09 Å². The van der Waals surface area contributed by atoms with Crippen LogP contribution in [-0.4, -0.2) is 23.3 Å². The molecule has 1 aromatic rings. The van der Waals surface area contributed by atoms with Crippen LogP contribution < -0.4 is 5.32 Å². The van der Waals surface area contributed by atoms with Gasteiger partial charge in [0.1, 0.15) is 11.8 Å². The van der Waals surface area contributed by atoms with Crippen molar-refractivity contribution in [3.05, 3.63) is 22.5 Å². The number of carbonyl (C=O) groups excluding carboxylic acids is 1. The van der Waals surface area contributed by atoms with Crippen molar-refractivity contribution < 1.29 is 9.53 Å². The monoisotopic (exact) mass is 291 g/mol. The zero-order valence-corrected chi connectivity index (χ0v) is 13.2. The predicted octanol–water partition coefficient (Wildman–Crippen LogP) is 3.12. The molecular formula is C16H25N3O2. The van der Waals surface area contributed by atoms with E-state index in [1.807, 2.05) is 6.92 Å². The number of aryl methyl sites for hydroxylation is 1. The second-order valence-corrected chi connectivity index (χ2v) is 5.55. The van der Waals surface area contributed by atoms with E-state index in [9.17, 15) is 4.79 Å². The van der Waals surface area contributed by atoms with Crippen molar-refractivity contribution in [2.24, 2.45) is 0 Å². The molecule has 1 unspecified atom stereocenters. The second kappa shape index (κ2) is 7.38. The molecule has 0 spiro atoms. The van der Waals surface area contributed by atoms with Crippen molar-refractivity contribution in [2.75, 3.05) is 7.05 Å². The minimum absolute atomic E-state index is 0.364. The zero-order chi connectivity index (χ0) is 15.2. The Hall–Kier alpha value is -1.65. The molecule has 0 aromatic carbocycles. The summed E-state index contributed by atoms with van der Waals surface area (Å²) >= 11 is 0. The minimum atomic E-state index is -0.427. The van der Waals surface area contributed by atoms with Crippen LogP contribution in [0.1, 0.15) is 68.1 Å². The number of ether oxygens (including phenoxy) is 1. The normalized spacial score (nSPS) is 16.3. The number of fused-ring (bicyclic) bond motifs is 1. The summed E-state index contributed by atoms with van der Waals surface area (Å²) in [6, 6.07) is 0. The van der Waals surface area contributed by atoms with Gasteiger partial charge in [0.2, 0.25) is 0 Å². The fraction of sp³-hybridized carbons (Fsp3) is 0.688. The number of hydrogen-bond donors (Lipinski definition) is 1. The summed E-state index contributed by atoms with van der Waals surface area (Å²) in [6.07, 6.45) is 7.10. The summed E-state index contributed by atoms with van der Waals surface area (Å²) in [4.78, 5) is 11.4. The van der Waals surface area contributed by atoms with Gasteiger partial charge in [-0.3, -0.25) is 0 Å². The Balaban J connectivity index is 2.36. The SMILES string of the molecule is CCc1nnc(C(C)OC(=O)NC)c2c1CCCCCC2. The maximum absolute atomic E-state index is 11.4. The molecule has 0 bridgehead atoms. The maximum Gasteiger partial charge on any atom is 0.407 e. The molecule has 1 N–H and O–H groups in total. The number of alkyl carbamates (subject to hydrolysis) is 1. The van der Waals surface area contributed by atoms with Gasteiger partial charge in [-0.05, 0) is 50.2 Å². The topological polar surface area (TPSA) is 64.1 Å². The van der Waals surface area contributed by atoms with E-state index in [0.717, 1.165) is 30.7 Å². The number of rotatable bonds is 3. The summed E-state index contributed by atoms with van der Waals surface area (Å²) in [5.41, 5.74) is 4.53. The lowest BCUT2D eigenvalue weighted by molar-refractivity contribution is 0.106. The molecule has 0 radical (unpaired) electrons. The van der Waals surface area contributed by atoms with Gasteiger partial charge in [-0.15, -0.1) is 0 Å². The number of hydrogen-bond acceptors (Lipinski definition) is 4. The van der Waals surface area contributed by atoms with Crippen LogP contribution in [0.2, 0.25) is 0 Å². The van der Waals surface area contributed by atoms with Crippen LogP contribution in [0.4, 0.5) is 4.79 Å². The van der Waals surface area contributed by atoms with E-state index in [2.05, 4.69) is 22.4 Å². The summed E-state index contributed by atoms with van der Waals surface area (Å²) < 4.78 is 5.34. The summed E-state index contributed by atoms with van der Waals surface area (Å²) in [6.45, 7) is 3.98. The molecule has 1 aliphatic rings. The van der Waals surface area contributed by atoms with Crippen molar-refractivity contribution in [2.45, 2.75) is 64.9 Å². The number of nitrogens with zero attached hydrogens (tertiary/aromatic N) is 2. The van der Waals surface area contributed by atoms with Gasteiger partial charge >= 0.3 is 6.09 Å². The highest BCUT2D eigenvalue weighted by atomic mass is 16.6. The molecule has 1 aliphatic carbocycles. The second-order valence-electron chi connectivity index (χ2n) is 5.55. The van der Waals surface area contributed by atoms with Crippen LogP contribution in [0.15, 0.2) is 0 Å². The minimum Gasteiger partial charge on any atom is -0.440 e. The Morgan fingerprint density at radius 1 is 1.19 bits per heavy atom. The molecule has 0 aliphatic heterocycles. The van der Waals surface area contributed by atoms with Gasteiger partial charge in [-0.25, -0.2) is 4.79 Å². The fourth-order valence-electron chi connectivity index (χ4n) is 2.98.